The maximum Gasteiger partial charge on any atom is 0.123 e. The maximum atomic E-state index is 12.8. The van der Waals surface area contributed by atoms with Gasteiger partial charge in [-0.25, -0.2) is 4.39 Å². The third-order valence-corrected chi connectivity index (χ3v) is 3.03. The number of alkyl halides is 1. The smallest absolute Gasteiger partial charge is 0.123 e. The second kappa shape index (κ2) is 3.76. The highest BCUT2D eigenvalue weighted by atomic mass is 79.9. The van der Waals surface area contributed by atoms with Crippen molar-refractivity contribution in [1.29, 1.82) is 0 Å². The molecule has 3 heteroatoms. The van der Waals surface area contributed by atoms with E-state index in [2.05, 4.69) is 20.8 Å². The van der Waals surface area contributed by atoms with E-state index < -0.39 is 0 Å². The highest BCUT2D eigenvalue weighted by Gasteiger charge is 2.32. The molecule has 2 unspecified atom stereocenters. The van der Waals surface area contributed by atoms with Crippen LogP contribution in [0.25, 0.3) is 0 Å². The third kappa shape index (κ3) is 2.29. The van der Waals surface area contributed by atoms with Crippen LogP contribution in [0.2, 0.25) is 0 Å². The van der Waals surface area contributed by atoms with Crippen LogP contribution in [0, 0.1) is 5.82 Å². The lowest BCUT2D eigenvalue weighted by atomic mass is 10.2. The Balaban J connectivity index is 1.95. The molecular formula is C10H11BrFN. The Kier molecular flexibility index (Phi) is 2.65. The second-order valence-corrected chi connectivity index (χ2v) is 4.01. The highest BCUT2D eigenvalue weighted by Crippen LogP contribution is 2.22. The molecule has 1 heterocycles. The summed E-state index contributed by atoms with van der Waals surface area (Å²) >= 11 is 3.43. The summed E-state index contributed by atoms with van der Waals surface area (Å²) in [4.78, 5) is 2.31. The number of hydrogen-bond donors (Lipinski definition) is 0. The Hall–Kier alpha value is -0.410. The van der Waals surface area contributed by atoms with E-state index in [1.165, 1.54) is 6.07 Å². The first-order valence-electron chi connectivity index (χ1n) is 4.34. The SMILES string of the molecule is Fc1cccc(CN2CC2CBr)c1. The maximum absolute atomic E-state index is 12.8. The Labute approximate surface area is 85.7 Å². The van der Waals surface area contributed by atoms with E-state index in [0.717, 1.165) is 24.0 Å². The van der Waals surface area contributed by atoms with E-state index in [9.17, 15) is 4.39 Å². The molecule has 0 amide bonds. The molecule has 70 valence electrons. The molecule has 0 saturated carbocycles. The van der Waals surface area contributed by atoms with E-state index >= 15 is 0 Å². The average molecular weight is 244 g/mol. The standard InChI is InChI=1S/C10H11BrFN/c11-5-10-7-13(10)6-8-2-1-3-9(12)4-8/h1-4,10H,5-7H2. The molecule has 1 aromatic rings. The molecule has 1 aromatic carbocycles. The highest BCUT2D eigenvalue weighted by molar-refractivity contribution is 9.09. The molecule has 1 saturated heterocycles. The first-order valence-corrected chi connectivity index (χ1v) is 5.46. The van der Waals surface area contributed by atoms with Gasteiger partial charge in [0.2, 0.25) is 0 Å². The van der Waals surface area contributed by atoms with Crippen molar-refractivity contribution in [2.75, 3.05) is 11.9 Å². The topological polar surface area (TPSA) is 3.01 Å². The molecule has 1 fully saturated rings. The minimum Gasteiger partial charge on any atom is -0.292 e. The Bertz CT molecular complexity index is 303. The zero-order chi connectivity index (χ0) is 9.26. The Morgan fingerprint density at radius 2 is 2.38 bits per heavy atom. The zero-order valence-electron chi connectivity index (χ0n) is 7.21. The first kappa shape index (κ1) is 9.16. The lowest BCUT2D eigenvalue weighted by Crippen LogP contribution is -2.02. The number of benzene rings is 1. The van der Waals surface area contributed by atoms with E-state index in [0.29, 0.717) is 6.04 Å². The van der Waals surface area contributed by atoms with Gasteiger partial charge in [-0.15, -0.1) is 0 Å². The summed E-state index contributed by atoms with van der Waals surface area (Å²) < 4.78 is 12.8. The fourth-order valence-corrected chi connectivity index (χ4v) is 2.05. The van der Waals surface area contributed by atoms with Gasteiger partial charge in [0.05, 0.1) is 0 Å². The van der Waals surface area contributed by atoms with Gasteiger partial charge in [0.1, 0.15) is 5.82 Å². The van der Waals surface area contributed by atoms with Crippen molar-refractivity contribution in [2.45, 2.75) is 12.6 Å². The molecule has 0 bridgehead atoms. The molecule has 13 heavy (non-hydrogen) atoms. The van der Waals surface area contributed by atoms with Crippen LogP contribution >= 0.6 is 15.9 Å². The fraction of sp³-hybridized carbons (Fsp3) is 0.400. The van der Waals surface area contributed by atoms with Crippen molar-refractivity contribution < 1.29 is 4.39 Å². The van der Waals surface area contributed by atoms with Gasteiger partial charge in [0.15, 0.2) is 0 Å². The summed E-state index contributed by atoms with van der Waals surface area (Å²) in [6, 6.07) is 7.46. The molecule has 0 spiro atoms. The Morgan fingerprint density at radius 1 is 1.54 bits per heavy atom. The van der Waals surface area contributed by atoms with Gasteiger partial charge in [-0.3, -0.25) is 4.90 Å². The molecule has 1 aliphatic rings. The van der Waals surface area contributed by atoms with Crippen molar-refractivity contribution in [2.24, 2.45) is 0 Å². The van der Waals surface area contributed by atoms with Gasteiger partial charge in [0, 0.05) is 24.5 Å². The monoisotopic (exact) mass is 243 g/mol. The molecule has 1 nitrogen and oxygen atoms in total. The van der Waals surface area contributed by atoms with Gasteiger partial charge >= 0.3 is 0 Å². The Morgan fingerprint density at radius 3 is 3.00 bits per heavy atom. The van der Waals surface area contributed by atoms with Crippen LogP contribution in [0.3, 0.4) is 0 Å². The van der Waals surface area contributed by atoms with Gasteiger partial charge in [-0.05, 0) is 17.7 Å². The molecule has 0 aromatic heterocycles. The number of hydrogen-bond acceptors (Lipinski definition) is 1. The van der Waals surface area contributed by atoms with E-state index in [1.807, 2.05) is 6.07 Å². The van der Waals surface area contributed by atoms with Gasteiger partial charge in [-0.1, -0.05) is 28.1 Å². The number of rotatable bonds is 3. The van der Waals surface area contributed by atoms with Crippen LogP contribution < -0.4 is 0 Å². The van der Waals surface area contributed by atoms with Crippen molar-refractivity contribution >= 4 is 15.9 Å². The molecule has 2 rings (SSSR count). The van der Waals surface area contributed by atoms with Gasteiger partial charge < -0.3 is 0 Å². The lowest BCUT2D eigenvalue weighted by molar-refractivity contribution is 0.514. The average Bonchev–Trinajstić information content (AvgIpc) is 2.83. The largest absolute Gasteiger partial charge is 0.292 e. The summed E-state index contributed by atoms with van der Waals surface area (Å²) in [6.45, 7) is 2.00. The van der Waals surface area contributed by atoms with Crippen LogP contribution in [0.4, 0.5) is 4.39 Å². The van der Waals surface area contributed by atoms with Gasteiger partial charge in [-0.2, -0.15) is 0 Å². The lowest BCUT2D eigenvalue weighted by Gasteiger charge is -2.02. The van der Waals surface area contributed by atoms with Crippen LogP contribution in [0.15, 0.2) is 24.3 Å². The van der Waals surface area contributed by atoms with Crippen LogP contribution in [0.5, 0.6) is 0 Å². The summed E-state index contributed by atoms with van der Waals surface area (Å²) in [5.74, 6) is -0.144. The van der Waals surface area contributed by atoms with Crippen molar-refractivity contribution in [3.05, 3.63) is 35.6 Å². The zero-order valence-corrected chi connectivity index (χ0v) is 8.80. The van der Waals surface area contributed by atoms with Crippen LogP contribution in [-0.2, 0) is 6.54 Å². The van der Waals surface area contributed by atoms with Crippen molar-refractivity contribution in [1.82, 2.24) is 4.90 Å². The summed E-state index contributed by atoms with van der Waals surface area (Å²) in [7, 11) is 0. The van der Waals surface area contributed by atoms with Gasteiger partial charge in [0.25, 0.3) is 0 Å². The molecule has 1 aliphatic heterocycles. The summed E-state index contributed by atoms with van der Waals surface area (Å²) in [6.07, 6.45) is 0. The summed E-state index contributed by atoms with van der Waals surface area (Å²) in [5.41, 5.74) is 1.06. The molecule has 2 atom stereocenters. The van der Waals surface area contributed by atoms with E-state index in [-0.39, 0.29) is 5.82 Å². The normalized spacial score (nSPS) is 26.0. The molecule has 0 N–H and O–H groups in total. The van der Waals surface area contributed by atoms with Crippen molar-refractivity contribution in [3.8, 4) is 0 Å². The fourth-order valence-electron chi connectivity index (χ4n) is 1.43. The van der Waals surface area contributed by atoms with Crippen molar-refractivity contribution in [3.63, 3.8) is 0 Å². The van der Waals surface area contributed by atoms with Crippen LogP contribution in [-0.4, -0.2) is 22.8 Å². The molecule has 0 radical (unpaired) electrons. The minimum absolute atomic E-state index is 0.144. The number of halogens is 2. The number of nitrogens with zero attached hydrogens (tertiary/aromatic N) is 1. The third-order valence-electron chi connectivity index (χ3n) is 2.28. The quantitative estimate of drug-likeness (QED) is 0.582. The first-order chi connectivity index (χ1) is 6.29. The van der Waals surface area contributed by atoms with E-state index in [4.69, 9.17) is 0 Å². The van der Waals surface area contributed by atoms with Crippen LogP contribution in [0.1, 0.15) is 5.56 Å². The summed E-state index contributed by atoms with van der Waals surface area (Å²) in [5, 5.41) is 1.02. The molecule has 0 aliphatic carbocycles. The van der Waals surface area contributed by atoms with E-state index in [1.54, 1.807) is 12.1 Å². The minimum atomic E-state index is -0.144. The predicted molar refractivity (Wildman–Crippen MR) is 54.4 cm³/mol. The predicted octanol–water partition coefficient (Wildman–Crippen LogP) is 2.40. The second-order valence-electron chi connectivity index (χ2n) is 3.37. The molecular weight excluding hydrogens is 233 g/mol.